The van der Waals surface area contributed by atoms with Gasteiger partial charge >= 0.3 is 0 Å². The molecule has 1 aromatic carbocycles. The Balaban J connectivity index is 2.52. The molecule has 0 unspecified atom stereocenters. The maximum atomic E-state index is 5.64. The van der Waals surface area contributed by atoms with Crippen molar-refractivity contribution in [3.8, 4) is 11.4 Å². The van der Waals surface area contributed by atoms with Crippen molar-refractivity contribution in [1.29, 1.82) is 0 Å². The molecule has 0 fully saturated rings. The maximum absolute atomic E-state index is 5.64. The molecule has 2 aromatic rings. The zero-order valence-corrected chi connectivity index (χ0v) is 10.3. The van der Waals surface area contributed by atoms with Crippen LogP contribution in [0.15, 0.2) is 24.3 Å². The molecule has 0 radical (unpaired) electrons. The summed E-state index contributed by atoms with van der Waals surface area (Å²) in [5, 5.41) is 8.42. The fourth-order valence-electron chi connectivity index (χ4n) is 2.07. The van der Waals surface area contributed by atoms with E-state index < -0.39 is 0 Å². The van der Waals surface area contributed by atoms with E-state index in [0.29, 0.717) is 6.54 Å². The fourth-order valence-corrected chi connectivity index (χ4v) is 2.07. The SMILES string of the molecule is CCn1c(C)nnc1-c1ccccc1CCN. The Morgan fingerprint density at radius 2 is 2.00 bits per heavy atom. The van der Waals surface area contributed by atoms with Gasteiger partial charge in [0.15, 0.2) is 5.82 Å². The minimum atomic E-state index is 0.649. The first-order chi connectivity index (χ1) is 8.27. The van der Waals surface area contributed by atoms with Crippen molar-refractivity contribution in [2.45, 2.75) is 26.8 Å². The molecule has 1 aromatic heterocycles. The second-order valence-corrected chi connectivity index (χ2v) is 4.01. The van der Waals surface area contributed by atoms with Crippen LogP contribution in [0.3, 0.4) is 0 Å². The van der Waals surface area contributed by atoms with Crippen LogP contribution in [0.4, 0.5) is 0 Å². The summed E-state index contributed by atoms with van der Waals surface area (Å²) >= 11 is 0. The molecule has 4 nitrogen and oxygen atoms in total. The monoisotopic (exact) mass is 230 g/mol. The zero-order chi connectivity index (χ0) is 12.3. The molecule has 2 N–H and O–H groups in total. The number of nitrogens with zero attached hydrogens (tertiary/aromatic N) is 3. The highest BCUT2D eigenvalue weighted by atomic mass is 15.3. The Morgan fingerprint density at radius 1 is 1.24 bits per heavy atom. The van der Waals surface area contributed by atoms with Crippen molar-refractivity contribution in [3.63, 3.8) is 0 Å². The predicted molar refractivity (Wildman–Crippen MR) is 68.6 cm³/mol. The largest absolute Gasteiger partial charge is 0.330 e. The lowest BCUT2D eigenvalue weighted by atomic mass is 10.0. The summed E-state index contributed by atoms with van der Waals surface area (Å²) in [6, 6.07) is 8.25. The number of nitrogens with two attached hydrogens (primary N) is 1. The van der Waals surface area contributed by atoms with E-state index in [1.165, 1.54) is 5.56 Å². The van der Waals surface area contributed by atoms with Crippen LogP contribution in [0.2, 0.25) is 0 Å². The van der Waals surface area contributed by atoms with Crippen LogP contribution in [0.1, 0.15) is 18.3 Å². The second-order valence-electron chi connectivity index (χ2n) is 4.01. The third-order valence-electron chi connectivity index (χ3n) is 2.92. The minimum Gasteiger partial charge on any atom is -0.330 e. The first kappa shape index (κ1) is 11.8. The summed E-state index contributed by atoms with van der Waals surface area (Å²) in [5.41, 5.74) is 8.01. The molecule has 0 atom stereocenters. The Morgan fingerprint density at radius 3 is 2.71 bits per heavy atom. The summed E-state index contributed by atoms with van der Waals surface area (Å²) in [7, 11) is 0. The van der Waals surface area contributed by atoms with Gasteiger partial charge < -0.3 is 10.3 Å². The van der Waals surface area contributed by atoms with Gasteiger partial charge in [0.05, 0.1) is 0 Å². The first-order valence-corrected chi connectivity index (χ1v) is 5.96. The van der Waals surface area contributed by atoms with Gasteiger partial charge in [-0.1, -0.05) is 24.3 Å². The molecule has 0 saturated carbocycles. The quantitative estimate of drug-likeness (QED) is 0.871. The van der Waals surface area contributed by atoms with E-state index in [1.807, 2.05) is 19.1 Å². The van der Waals surface area contributed by atoms with E-state index in [0.717, 1.165) is 30.2 Å². The van der Waals surface area contributed by atoms with E-state index in [1.54, 1.807) is 0 Å². The molecular weight excluding hydrogens is 212 g/mol. The fraction of sp³-hybridized carbons (Fsp3) is 0.385. The molecule has 17 heavy (non-hydrogen) atoms. The van der Waals surface area contributed by atoms with Crippen LogP contribution in [-0.2, 0) is 13.0 Å². The van der Waals surface area contributed by atoms with Gasteiger partial charge in [0.25, 0.3) is 0 Å². The summed E-state index contributed by atoms with van der Waals surface area (Å²) in [6.07, 6.45) is 0.867. The standard InChI is InChI=1S/C13H18N4/c1-3-17-10(2)15-16-13(17)12-7-5-4-6-11(12)8-9-14/h4-7H,3,8-9,14H2,1-2H3. The van der Waals surface area contributed by atoms with Gasteiger partial charge in [-0.25, -0.2) is 0 Å². The number of rotatable bonds is 4. The van der Waals surface area contributed by atoms with Gasteiger partial charge in [-0.05, 0) is 32.4 Å². The third-order valence-corrected chi connectivity index (χ3v) is 2.92. The maximum Gasteiger partial charge on any atom is 0.164 e. The Hall–Kier alpha value is -1.68. The van der Waals surface area contributed by atoms with Gasteiger partial charge in [0, 0.05) is 12.1 Å². The molecule has 0 aliphatic rings. The van der Waals surface area contributed by atoms with Gasteiger partial charge in [-0.2, -0.15) is 0 Å². The molecule has 0 aliphatic carbocycles. The molecule has 0 aliphatic heterocycles. The first-order valence-electron chi connectivity index (χ1n) is 5.96. The van der Waals surface area contributed by atoms with Crippen LogP contribution in [0.25, 0.3) is 11.4 Å². The summed E-state index contributed by atoms with van der Waals surface area (Å²) in [6.45, 7) is 5.61. The third kappa shape index (κ3) is 2.22. The molecular formula is C13H18N4. The van der Waals surface area contributed by atoms with Crippen molar-refractivity contribution in [2.24, 2.45) is 5.73 Å². The lowest BCUT2D eigenvalue weighted by Gasteiger charge is -2.09. The molecule has 0 amide bonds. The average molecular weight is 230 g/mol. The van der Waals surface area contributed by atoms with Crippen LogP contribution < -0.4 is 5.73 Å². The Bertz CT molecular complexity index is 502. The Labute approximate surface area is 101 Å². The van der Waals surface area contributed by atoms with Gasteiger partial charge in [0.1, 0.15) is 5.82 Å². The zero-order valence-electron chi connectivity index (χ0n) is 10.3. The van der Waals surface area contributed by atoms with E-state index >= 15 is 0 Å². The van der Waals surface area contributed by atoms with Crippen molar-refractivity contribution in [1.82, 2.24) is 14.8 Å². The highest BCUT2D eigenvalue weighted by molar-refractivity contribution is 5.60. The number of hydrogen-bond donors (Lipinski definition) is 1. The average Bonchev–Trinajstić information content (AvgIpc) is 2.71. The number of benzene rings is 1. The second kappa shape index (κ2) is 5.10. The highest BCUT2D eigenvalue weighted by Gasteiger charge is 2.12. The van der Waals surface area contributed by atoms with Gasteiger partial charge in [0.2, 0.25) is 0 Å². The minimum absolute atomic E-state index is 0.649. The van der Waals surface area contributed by atoms with Crippen LogP contribution >= 0.6 is 0 Å². The molecule has 2 rings (SSSR count). The Kier molecular flexibility index (Phi) is 3.54. The van der Waals surface area contributed by atoms with E-state index in [-0.39, 0.29) is 0 Å². The molecule has 4 heteroatoms. The van der Waals surface area contributed by atoms with Crippen molar-refractivity contribution in [3.05, 3.63) is 35.7 Å². The van der Waals surface area contributed by atoms with E-state index in [9.17, 15) is 0 Å². The molecule has 1 heterocycles. The summed E-state index contributed by atoms with van der Waals surface area (Å²) < 4.78 is 2.12. The smallest absolute Gasteiger partial charge is 0.164 e. The van der Waals surface area contributed by atoms with E-state index in [2.05, 4.69) is 33.8 Å². The van der Waals surface area contributed by atoms with Crippen LogP contribution in [0.5, 0.6) is 0 Å². The lowest BCUT2D eigenvalue weighted by molar-refractivity contribution is 0.736. The molecule has 0 bridgehead atoms. The summed E-state index contributed by atoms with van der Waals surface area (Å²) in [5.74, 6) is 1.89. The predicted octanol–water partition coefficient (Wildman–Crippen LogP) is 1.77. The molecule has 0 saturated heterocycles. The van der Waals surface area contributed by atoms with Crippen molar-refractivity contribution < 1.29 is 0 Å². The van der Waals surface area contributed by atoms with Crippen molar-refractivity contribution in [2.75, 3.05) is 6.54 Å². The van der Waals surface area contributed by atoms with Gasteiger partial charge in [-0.15, -0.1) is 10.2 Å². The van der Waals surface area contributed by atoms with E-state index in [4.69, 9.17) is 5.73 Å². The normalized spacial score (nSPS) is 10.8. The van der Waals surface area contributed by atoms with Crippen LogP contribution in [-0.4, -0.2) is 21.3 Å². The topological polar surface area (TPSA) is 56.7 Å². The number of hydrogen-bond acceptors (Lipinski definition) is 3. The summed E-state index contributed by atoms with van der Waals surface area (Å²) in [4.78, 5) is 0. The lowest BCUT2D eigenvalue weighted by Crippen LogP contribution is -2.06. The molecule has 90 valence electrons. The highest BCUT2D eigenvalue weighted by Crippen LogP contribution is 2.22. The van der Waals surface area contributed by atoms with Crippen LogP contribution in [0, 0.1) is 6.92 Å². The van der Waals surface area contributed by atoms with Crippen molar-refractivity contribution >= 4 is 0 Å². The number of aryl methyl sites for hydroxylation is 1. The van der Waals surface area contributed by atoms with Gasteiger partial charge in [-0.3, -0.25) is 0 Å². The molecule has 0 spiro atoms. The number of aromatic nitrogens is 3.